The van der Waals surface area contributed by atoms with Gasteiger partial charge in [0.1, 0.15) is 0 Å². The summed E-state index contributed by atoms with van der Waals surface area (Å²) in [7, 11) is 0. The van der Waals surface area contributed by atoms with Crippen LogP contribution in [0.1, 0.15) is 103 Å². The van der Waals surface area contributed by atoms with E-state index in [2.05, 4.69) is 91.8 Å². The molecule has 0 aromatic heterocycles. The number of rotatable bonds is 0. The lowest BCUT2D eigenvalue weighted by atomic mass is 9.62. The first kappa shape index (κ1) is 20.1. The monoisotopic (exact) mass is 398 g/mol. The van der Waals surface area contributed by atoms with Crippen LogP contribution in [0.2, 0.25) is 0 Å². The molecule has 158 valence electrons. The van der Waals surface area contributed by atoms with Crippen LogP contribution in [-0.4, -0.2) is 0 Å². The fourth-order valence-electron chi connectivity index (χ4n) is 6.13. The van der Waals surface area contributed by atoms with Gasteiger partial charge in [-0.25, -0.2) is 0 Å². The van der Waals surface area contributed by atoms with Crippen molar-refractivity contribution >= 4 is 21.5 Å². The third-order valence-corrected chi connectivity index (χ3v) is 8.73. The summed E-state index contributed by atoms with van der Waals surface area (Å²) in [6, 6.07) is 15.0. The van der Waals surface area contributed by atoms with Crippen LogP contribution in [0.4, 0.5) is 0 Å². The lowest BCUT2D eigenvalue weighted by Crippen LogP contribution is -2.34. The Kier molecular flexibility index (Phi) is 3.96. The number of hydrogen-bond acceptors (Lipinski definition) is 0. The zero-order valence-electron chi connectivity index (χ0n) is 20.3. The molecule has 0 atom stereocenters. The standard InChI is InChI=1S/C30H38/c1-27(2)9-10-28(3,4)24-16-20-14-22-18-26-25(29(5,6)11-12-30(26,7)8)17-21(22)13-19(20)15-23(24)27/h13-18H,9-12H2,1-8H3. The Labute approximate surface area is 183 Å². The van der Waals surface area contributed by atoms with Crippen molar-refractivity contribution in [2.75, 3.05) is 0 Å². The average molecular weight is 399 g/mol. The van der Waals surface area contributed by atoms with Crippen molar-refractivity contribution in [2.24, 2.45) is 0 Å². The highest BCUT2D eigenvalue weighted by Crippen LogP contribution is 2.49. The van der Waals surface area contributed by atoms with Gasteiger partial charge in [-0.05, 0) is 103 Å². The largest absolute Gasteiger partial charge is 0.0558 e. The fraction of sp³-hybridized carbons (Fsp3) is 0.533. The molecule has 0 bridgehead atoms. The third-order valence-electron chi connectivity index (χ3n) is 8.73. The summed E-state index contributed by atoms with van der Waals surface area (Å²) in [5, 5.41) is 5.61. The molecule has 0 unspecified atom stereocenters. The molecule has 0 fully saturated rings. The van der Waals surface area contributed by atoms with Crippen LogP contribution < -0.4 is 0 Å². The maximum Gasteiger partial charge on any atom is -0.0100 e. The van der Waals surface area contributed by atoms with E-state index in [1.165, 1.54) is 47.2 Å². The summed E-state index contributed by atoms with van der Waals surface area (Å²) in [6.45, 7) is 19.4. The first-order valence-corrected chi connectivity index (χ1v) is 11.9. The summed E-state index contributed by atoms with van der Waals surface area (Å²) in [4.78, 5) is 0. The fourth-order valence-corrected chi connectivity index (χ4v) is 6.13. The lowest BCUT2D eigenvalue weighted by molar-refractivity contribution is 0.332. The summed E-state index contributed by atoms with van der Waals surface area (Å²) in [5.41, 5.74) is 7.28. The normalized spacial score (nSPS) is 23.2. The van der Waals surface area contributed by atoms with Gasteiger partial charge < -0.3 is 0 Å². The second kappa shape index (κ2) is 5.90. The highest BCUT2D eigenvalue weighted by Gasteiger charge is 2.38. The van der Waals surface area contributed by atoms with Crippen LogP contribution in [0.15, 0.2) is 36.4 Å². The van der Waals surface area contributed by atoms with Gasteiger partial charge in [0.05, 0.1) is 0 Å². The van der Waals surface area contributed by atoms with E-state index in [0.29, 0.717) is 0 Å². The van der Waals surface area contributed by atoms with E-state index >= 15 is 0 Å². The predicted octanol–water partition coefficient (Wildman–Crippen LogP) is 8.69. The van der Waals surface area contributed by atoms with Gasteiger partial charge in [0.2, 0.25) is 0 Å². The Morgan fingerprint density at radius 2 is 0.567 bits per heavy atom. The minimum Gasteiger partial charge on any atom is -0.0558 e. The van der Waals surface area contributed by atoms with Crippen LogP contribution in [0, 0.1) is 0 Å². The van der Waals surface area contributed by atoms with Gasteiger partial charge in [0.25, 0.3) is 0 Å². The Morgan fingerprint density at radius 1 is 0.367 bits per heavy atom. The van der Waals surface area contributed by atoms with Crippen molar-refractivity contribution in [3.8, 4) is 0 Å². The van der Waals surface area contributed by atoms with Crippen LogP contribution in [0.25, 0.3) is 21.5 Å². The second-order valence-corrected chi connectivity index (χ2v) is 12.9. The third kappa shape index (κ3) is 2.86. The quantitative estimate of drug-likeness (QED) is 0.332. The van der Waals surface area contributed by atoms with Crippen LogP contribution in [0.5, 0.6) is 0 Å². The molecule has 0 saturated heterocycles. The van der Waals surface area contributed by atoms with E-state index < -0.39 is 0 Å². The Morgan fingerprint density at radius 3 is 0.767 bits per heavy atom. The SMILES string of the molecule is CC1(C)CCC(C)(C)c2cc3cc4cc5c(cc4cc3cc21)C(C)(C)CCC5(C)C. The number of benzene rings is 3. The van der Waals surface area contributed by atoms with Crippen molar-refractivity contribution < 1.29 is 0 Å². The zero-order chi connectivity index (χ0) is 21.7. The topological polar surface area (TPSA) is 0 Å². The van der Waals surface area contributed by atoms with Crippen LogP contribution in [0.3, 0.4) is 0 Å². The van der Waals surface area contributed by atoms with Gasteiger partial charge in [-0.15, -0.1) is 0 Å². The molecule has 0 N–H and O–H groups in total. The zero-order valence-corrected chi connectivity index (χ0v) is 20.3. The lowest BCUT2D eigenvalue weighted by Gasteiger charge is -2.42. The molecule has 3 aromatic rings. The molecule has 0 radical (unpaired) electrons. The van der Waals surface area contributed by atoms with Crippen LogP contribution in [-0.2, 0) is 21.7 Å². The molecule has 2 aliphatic carbocycles. The van der Waals surface area contributed by atoms with E-state index in [1.807, 2.05) is 0 Å². The van der Waals surface area contributed by atoms with E-state index in [4.69, 9.17) is 0 Å². The minimum atomic E-state index is 0.260. The Balaban J connectivity index is 1.81. The van der Waals surface area contributed by atoms with E-state index in [0.717, 1.165) is 0 Å². The van der Waals surface area contributed by atoms with Crippen molar-refractivity contribution in [1.82, 2.24) is 0 Å². The Hall–Kier alpha value is -1.82. The highest BCUT2D eigenvalue weighted by molar-refractivity contribution is 6.00. The van der Waals surface area contributed by atoms with Crippen LogP contribution >= 0.6 is 0 Å². The van der Waals surface area contributed by atoms with Gasteiger partial charge in [0, 0.05) is 0 Å². The van der Waals surface area contributed by atoms with Crippen molar-refractivity contribution in [3.05, 3.63) is 58.7 Å². The van der Waals surface area contributed by atoms with E-state index in [1.54, 1.807) is 22.3 Å². The maximum atomic E-state index is 2.51. The summed E-state index contributed by atoms with van der Waals surface area (Å²) < 4.78 is 0. The Bertz CT molecular complexity index is 999. The average Bonchev–Trinajstić information content (AvgIpc) is 2.66. The molecule has 0 nitrogen and oxygen atoms in total. The molecule has 0 spiro atoms. The molecule has 5 rings (SSSR count). The number of fused-ring (bicyclic) bond motifs is 4. The smallest absolute Gasteiger partial charge is 0.0100 e. The van der Waals surface area contributed by atoms with Gasteiger partial charge in [-0.1, -0.05) is 79.7 Å². The minimum absolute atomic E-state index is 0.260. The molecule has 0 heteroatoms. The molecule has 3 aromatic carbocycles. The van der Waals surface area contributed by atoms with Gasteiger partial charge in [0.15, 0.2) is 0 Å². The molecule has 0 aliphatic heterocycles. The molecular formula is C30H38. The van der Waals surface area contributed by atoms with Gasteiger partial charge in [-0.3, -0.25) is 0 Å². The summed E-state index contributed by atoms with van der Waals surface area (Å²) in [5.74, 6) is 0. The maximum absolute atomic E-state index is 2.51. The van der Waals surface area contributed by atoms with Crippen molar-refractivity contribution in [3.63, 3.8) is 0 Å². The van der Waals surface area contributed by atoms with Gasteiger partial charge >= 0.3 is 0 Å². The summed E-state index contributed by atoms with van der Waals surface area (Å²) in [6.07, 6.45) is 5.07. The first-order chi connectivity index (χ1) is 13.8. The number of hydrogen-bond donors (Lipinski definition) is 0. The van der Waals surface area contributed by atoms with E-state index in [-0.39, 0.29) is 21.7 Å². The predicted molar refractivity (Wildman–Crippen MR) is 132 cm³/mol. The first-order valence-electron chi connectivity index (χ1n) is 11.9. The molecule has 0 heterocycles. The molecule has 30 heavy (non-hydrogen) atoms. The molecule has 2 aliphatic rings. The molecule has 0 saturated carbocycles. The second-order valence-electron chi connectivity index (χ2n) is 12.9. The molecular weight excluding hydrogens is 360 g/mol. The van der Waals surface area contributed by atoms with Gasteiger partial charge in [-0.2, -0.15) is 0 Å². The molecule has 0 amide bonds. The van der Waals surface area contributed by atoms with Crippen molar-refractivity contribution in [2.45, 2.75) is 103 Å². The van der Waals surface area contributed by atoms with Crippen molar-refractivity contribution in [1.29, 1.82) is 0 Å². The highest BCUT2D eigenvalue weighted by atomic mass is 14.4. The summed E-state index contributed by atoms with van der Waals surface area (Å²) >= 11 is 0. The van der Waals surface area contributed by atoms with E-state index in [9.17, 15) is 0 Å².